The van der Waals surface area contributed by atoms with E-state index in [1.165, 1.54) is 5.69 Å². The van der Waals surface area contributed by atoms with Gasteiger partial charge in [0.2, 0.25) is 5.16 Å². The van der Waals surface area contributed by atoms with Crippen molar-refractivity contribution < 1.29 is 0 Å². The molecule has 0 aliphatic heterocycles. The molecular weight excluding hydrogens is 386 g/mol. The first-order chi connectivity index (χ1) is 11.7. The maximum atomic E-state index is 4.63. The van der Waals surface area contributed by atoms with Gasteiger partial charge in [-0.2, -0.15) is 0 Å². The number of hydrogen-bond donors (Lipinski definition) is 1. The minimum absolute atomic E-state index is 0.724. The number of aryl methyl sites for hydroxylation is 1. The van der Waals surface area contributed by atoms with Gasteiger partial charge in [-0.3, -0.25) is 5.10 Å². The summed E-state index contributed by atoms with van der Waals surface area (Å²) in [6.07, 6.45) is 2.07. The lowest BCUT2D eigenvalue weighted by Crippen LogP contribution is -1.86. The number of nitrogens with zero attached hydrogens (tertiary/aromatic N) is 4. The Morgan fingerprint density at radius 1 is 1.12 bits per heavy atom. The van der Waals surface area contributed by atoms with E-state index in [4.69, 9.17) is 0 Å². The number of halogens is 1. The molecule has 1 N–H and O–H groups in total. The number of hydrogen-bond acceptors (Lipinski definition) is 4. The van der Waals surface area contributed by atoms with E-state index in [-0.39, 0.29) is 0 Å². The van der Waals surface area contributed by atoms with Gasteiger partial charge >= 0.3 is 0 Å². The van der Waals surface area contributed by atoms with E-state index >= 15 is 0 Å². The average molecular weight is 400 g/mol. The summed E-state index contributed by atoms with van der Waals surface area (Å²) in [6, 6.07) is 14.1. The number of rotatable bonds is 4. The number of imidazole rings is 1. The van der Waals surface area contributed by atoms with Crippen molar-refractivity contribution in [3.8, 4) is 11.4 Å². The molecule has 0 fully saturated rings. The number of benzene rings is 1. The third-order valence-corrected chi connectivity index (χ3v) is 5.09. The molecule has 3 aromatic heterocycles. The summed E-state index contributed by atoms with van der Waals surface area (Å²) in [5.41, 5.74) is 4.17. The van der Waals surface area contributed by atoms with Gasteiger partial charge in [0.15, 0.2) is 5.82 Å². The van der Waals surface area contributed by atoms with Crippen LogP contribution in [0.5, 0.6) is 0 Å². The first kappa shape index (κ1) is 15.4. The Hall–Kier alpha value is -2.12. The summed E-state index contributed by atoms with van der Waals surface area (Å²) in [4.78, 5) is 9.18. The van der Waals surface area contributed by atoms with Gasteiger partial charge in [-0.25, -0.2) is 9.97 Å². The summed E-state index contributed by atoms with van der Waals surface area (Å²) in [5, 5.41) is 8.00. The second-order valence-electron chi connectivity index (χ2n) is 5.39. The van der Waals surface area contributed by atoms with Crippen molar-refractivity contribution in [3.05, 3.63) is 64.5 Å². The van der Waals surface area contributed by atoms with Crippen molar-refractivity contribution >= 4 is 33.3 Å². The van der Waals surface area contributed by atoms with E-state index < -0.39 is 0 Å². The molecule has 0 spiro atoms. The Kier molecular flexibility index (Phi) is 4.12. The zero-order chi connectivity index (χ0) is 16.5. The maximum absolute atomic E-state index is 4.63. The normalized spacial score (nSPS) is 11.2. The van der Waals surface area contributed by atoms with E-state index in [1.54, 1.807) is 11.8 Å². The molecule has 4 aromatic rings. The number of pyridine rings is 1. The highest BCUT2D eigenvalue weighted by molar-refractivity contribution is 9.10. The molecule has 5 nitrogen and oxygen atoms in total. The van der Waals surface area contributed by atoms with Crippen molar-refractivity contribution in [2.45, 2.75) is 17.8 Å². The van der Waals surface area contributed by atoms with Gasteiger partial charge in [-0.05, 0) is 31.2 Å². The van der Waals surface area contributed by atoms with Crippen LogP contribution >= 0.6 is 27.7 Å². The Labute approximate surface area is 151 Å². The first-order valence-corrected chi connectivity index (χ1v) is 9.22. The van der Waals surface area contributed by atoms with Crippen molar-refractivity contribution in [1.29, 1.82) is 0 Å². The molecule has 0 radical (unpaired) electrons. The van der Waals surface area contributed by atoms with Gasteiger partial charge in [0.05, 0.1) is 5.69 Å². The number of thioether (sulfide) groups is 1. The Bertz CT molecular complexity index is 990. The monoisotopic (exact) mass is 399 g/mol. The highest BCUT2D eigenvalue weighted by Gasteiger charge is 2.08. The van der Waals surface area contributed by atoms with E-state index in [9.17, 15) is 0 Å². The van der Waals surface area contributed by atoms with E-state index in [0.717, 1.165) is 38.1 Å². The van der Waals surface area contributed by atoms with Gasteiger partial charge in [0.25, 0.3) is 0 Å². The van der Waals surface area contributed by atoms with Gasteiger partial charge in [0.1, 0.15) is 5.65 Å². The quantitative estimate of drug-likeness (QED) is 0.513. The number of aromatic nitrogens is 5. The molecule has 0 amide bonds. The fraction of sp³-hybridized carbons (Fsp3) is 0.118. The highest BCUT2D eigenvalue weighted by Crippen LogP contribution is 2.23. The molecular formula is C17H14BrN5S. The van der Waals surface area contributed by atoms with Crippen molar-refractivity contribution in [1.82, 2.24) is 24.6 Å². The average Bonchev–Trinajstić information content (AvgIpc) is 3.21. The predicted molar refractivity (Wildman–Crippen MR) is 99.0 cm³/mol. The molecule has 3 heterocycles. The van der Waals surface area contributed by atoms with Crippen LogP contribution in [-0.2, 0) is 5.75 Å². The first-order valence-electron chi connectivity index (χ1n) is 7.44. The van der Waals surface area contributed by atoms with Crippen LogP contribution in [0.1, 0.15) is 11.4 Å². The molecule has 1 aromatic carbocycles. The minimum atomic E-state index is 0.724. The zero-order valence-corrected chi connectivity index (χ0v) is 15.3. The van der Waals surface area contributed by atoms with Gasteiger partial charge in [-0.15, -0.1) is 5.10 Å². The van der Waals surface area contributed by atoms with Gasteiger partial charge in [-0.1, -0.05) is 45.9 Å². The second kappa shape index (κ2) is 6.41. The highest BCUT2D eigenvalue weighted by atomic mass is 79.9. The van der Waals surface area contributed by atoms with Crippen LogP contribution in [0, 0.1) is 6.92 Å². The number of aromatic amines is 1. The smallest absolute Gasteiger partial charge is 0.209 e. The third kappa shape index (κ3) is 3.09. The Morgan fingerprint density at radius 3 is 2.75 bits per heavy atom. The lowest BCUT2D eigenvalue weighted by Gasteiger charge is -1.96. The van der Waals surface area contributed by atoms with Crippen LogP contribution in [0.3, 0.4) is 0 Å². The molecule has 0 aliphatic rings. The topological polar surface area (TPSA) is 58.9 Å². The van der Waals surface area contributed by atoms with Gasteiger partial charge in [0, 0.05) is 27.7 Å². The molecule has 0 saturated heterocycles. The maximum Gasteiger partial charge on any atom is 0.209 e. The Balaban J connectivity index is 1.49. The van der Waals surface area contributed by atoms with Gasteiger partial charge < -0.3 is 4.40 Å². The zero-order valence-electron chi connectivity index (χ0n) is 12.9. The molecule has 120 valence electrons. The van der Waals surface area contributed by atoms with Crippen molar-refractivity contribution in [3.63, 3.8) is 0 Å². The van der Waals surface area contributed by atoms with Crippen LogP contribution in [-0.4, -0.2) is 24.6 Å². The molecule has 24 heavy (non-hydrogen) atoms. The standard InChI is InChI=1S/C17H14BrN5S/c1-11-3-2-4-15-19-14(9-23(11)15)10-24-17-20-16(21-22-17)12-5-7-13(18)8-6-12/h2-9H,10H2,1H3,(H,20,21,22). The van der Waals surface area contributed by atoms with Crippen LogP contribution in [0.15, 0.2) is 58.3 Å². The fourth-order valence-electron chi connectivity index (χ4n) is 2.45. The summed E-state index contributed by atoms with van der Waals surface area (Å²) < 4.78 is 3.14. The summed E-state index contributed by atoms with van der Waals surface area (Å²) in [7, 11) is 0. The molecule has 0 unspecified atom stereocenters. The SMILES string of the molecule is Cc1cccc2nc(CSc3n[nH]c(-c4ccc(Br)cc4)n3)cn12. The number of nitrogens with one attached hydrogen (secondary N) is 1. The predicted octanol–water partition coefficient (Wildman–Crippen LogP) is 4.48. The third-order valence-electron chi connectivity index (χ3n) is 3.68. The Morgan fingerprint density at radius 2 is 1.96 bits per heavy atom. The minimum Gasteiger partial charge on any atom is -0.304 e. The molecule has 4 rings (SSSR count). The molecule has 0 aliphatic carbocycles. The van der Waals surface area contributed by atoms with Crippen LogP contribution < -0.4 is 0 Å². The largest absolute Gasteiger partial charge is 0.304 e. The van der Waals surface area contributed by atoms with E-state index in [2.05, 4.69) is 59.7 Å². The summed E-state index contributed by atoms with van der Waals surface area (Å²) in [5.74, 6) is 1.51. The molecule has 0 atom stereocenters. The van der Waals surface area contributed by atoms with Crippen LogP contribution in [0.4, 0.5) is 0 Å². The lowest BCUT2D eigenvalue weighted by molar-refractivity contribution is 0.972. The van der Waals surface area contributed by atoms with Crippen molar-refractivity contribution in [2.75, 3.05) is 0 Å². The molecule has 7 heteroatoms. The summed E-state index contributed by atoms with van der Waals surface area (Å²) in [6.45, 7) is 2.07. The van der Waals surface area contributed by atoms with E-state index in [0.29, 0.717) is 0 Å². The number of fused-ring (bicyclic) bond motifs is 1. The lowest BCUT2D eigenvalue weighted by atomic mass is 10.2. The van der Waals surface area contributed by atoms with Crippen LogP contribution in [0.25, 0.3) is 17.0 Å². The fourth-order valence-corrected chi connectivity index (χ4v) is 3.40. The molecule has 0 bridgehead atoms. The van der Waals surface area contributed by atoms with Crippen LogP contribution in [0.2, 0.25) is 0 Å². The van der Waals surface area contributed by atoms with Crippen molar-refractivity contribution in [2.24, 2.45) is 0 Å². The van der Waals surface area contributed by atoms with E-state index in [1.807, 2.05) is 36.4 Å². The number of H-pyrrole nitrogens is 1. The second-order valence-corrected chi connectivity index (χ2v) is 7.25. The molecule has 0 saturated carbocycles. The summed E-state index contributed by atoms with van der Waals surface area (Å²) >= 11 is 5.01.